The molecular weight excluding hydrogens is 388 g/mol. The normalized spacial score (nSPS) is 14.3. The quantitative estimate of drug-likeness (QED) is 0.658. The molecule has 0 unspecified atom stereocenters. The minimum atomic E-state index is 0.0364. The number of piperidine rings is 1. The van der Waals surface area contributed by atoms with E-state index in [1.807, 2.05) is 36.4 Å². The molecule has 0 bridgehead atoms. The zero-order chi connectivity index (χ0) is 21.6. The molecule has 31 heavy (non-hydrogen) atoms. The molecule has 1 aliphatic rings. The Morgan fingerprint density at radius 2 is 1.71 bits per heavy atom. The molecule has 160 valence electrons. The number of anilines is 1. The van der Waals surface area contributed by atoms with Crippen molar-refractivity contribution in [3.05, 3.63) is 71.8 Å². The van der Waals surface area contributed by atoms with Gasteiger partial charge in [0.1, 0.15) is 5.75 Å². The molecule has 0 atom stereocenters. The first-order valence-corrected chi connectivity index (χ1v) is 10.7. The number of nitrogens with zero attached hydrogens (tertiary/aromatic N) is 3. The summed E-state index contributed by atoms with van der Waals surface area (Å²) in [5, 5.41) is 11.9. The van der Waals surface area contributed by atoms with Crippen LogP contribution in [0.5, 0.6) is 5.75 Å². The number of benzene rings is 2. The van der Waals surface area contributed by atoms with Gasteiger partial charge in [-0.3, -0.25) is 4.79 Å². The van der Waals surface area contributed by atoms with Gasteiger partial charge in [-0.2, -0.15) is 0 Å². The summed E-state index contributed by atoms with van der Waals surface area (Å²) in [7, 11) is 1.65. The minimum absolute atomic E-state index is 0.0364. The predicted octanol–water partition coefficient (Wildman–Crippen LogP) is 3.99. The highest BCUT2D eigenvalue weighted by Gasteiger charge is 2.25. The molecule has 1 saturated heterocycles. The molecule has 6 heteroatoms. The van der Waals surface area contributed by atoms with Crippen LogP contribution in [0.2, 0.25) is 0 Å². The van der Waals surface area contributed by atoms with E-state index in [0.717, 1.165) is 54.3 Å². The van der Waals surface area contributed by atoms with Crippen molar-refractivity contribution in [2.24, 2.45) is 5.92 Å². The molecular formula is C25H28N4O2. The van der Waals surface area contributed by atoms with Crippen LogP contribution in [0.1, 0.15) is 24.0 Å². The molecule has 1 amide bonds. The molecule has 0 saturated carbocycles. The third kappa shape index (κ3) is 5.20. The van der Waals surface area contributed by atoms with Crippen LogP contribution in [0, 0.1) is 12.8 Å². The van der Waals surface area contributed by atoms with Crippen LogP contribution in [-0.2, 0) is 11.3 Å². The van der Waals surface area contributed by atoms with Gasteiger partial charge in [0.05, 0.1) is 12.8 Å². The Morgan fingerprint density at radius 3 is 2.32 bits per heavy atom. The van der Waals surface area contributed by atoms with E-state index < -0.39 is 0 Å². The van der Waals surface area contributed by atoms with E-state index in [1.54, 1.807) is 7.11 Å². The molecule has 4 rings (SSSR count). The average Bonchev–Trinajstić information content (AvgIpc) is 2.83. The Hall–Kier alpha value is -3.41. The maximum Gasteiger partial charge on any atom is 0.223 e. The highest BCUT2D eigenvalue weighted by molar-refractivity contribution is 5.79. The monoisotopic (exact) mass is 416 g/mol. The van der Waals surface area contributed by atoms with Crippen molar-refractivity contribution < 1.29 is 9.53 Å². The Morgan fingerprint density at radius 1 is 1.00 bits per heavy atom. The Bertz CT molecular complexity index is 993. The van der Waals surface area contributed by atoms with Gasteiger partial charge >= 0.3 is 0 Å². The van der Waals surface area contributed by atoms with E-state index in [0.29, 0.717) is 6.54 Å². The molecule has 2 aromatic carbocycles. The molecule has 1 aromatic heterocycles. The van der Waals surface area contributed by atoms with Gasteiger partial charge in [0, 0.05) is 31.1 Å². The van der Waals surface area contributed by atoms with E-state index in [2.05, 4.69) is 51.6 Å². The second kappa shape index (κ2) is 9.60. The maximum atomic E-state index is 12.6. The molecule has 3 aromatic rings. The van der Waals surface area contributed by atoms with Crippen molar-refractivity contribution in [2.45, 2.75) is 26.3 Å². The van der Waals surface area contributed by atoms with E-state index in [4.69, 9.17) is 4.74 Å². The van der Waals surface area contributed by atoms with Crippen molar-refractivity contribution in [1.29, 1.82) is 0 Å². The van der Waals surface area contributed by atoms with Crippen molar-refractivity contribution >= 4 is 11.7 Å². The van der Waals surface area contributed by atoms with Crippen molar-refractivity contribution in [2.75, 3.05) is 25.1 Å². The smallest absolute Gasteiger partial charge is 0.223 e. The first-order chi connectivity index (χ1) is 15.1. The lowest BCUT2D eigenvalue weighted by molar-refractivity contribution is -0.125. The van der Waals surface area contributed by atoms with Gasteiger partial charge in [0.15, 0.2) is 5.82 Å². The van der Waals surface area contributed by atoms with Gasteiger partial charge in [-0.05, 0) is 49.6 Å². The Kier molecular flexibility index (Phi) is 6.46. The highest BCUT2D eigenvalue weighted by Crippen LogP contribution is 2.24. The van der Waals surface area contributed by atoms with E-state index in [9.17, 15) is 4.79 Å². The van der Waals surface area contributed by atoms with Crippen LogP contribution in [0.3, 0.4) is 0 Å². The number of amides is 1. The first-order valence-electron chi connectivity index (χ1n) is 10.7. The van der Waals surface area contributed by atoms with Crippen molar-refractivity contribution in [3.63, 3.8) is 0 Å². The molecule has 1 aliphatic heterocycles. The highest BCUT2D eigenvalue weighted by atomic mass is 16.5. The number of ether oxygens (including phenoxy) is 1. The molecule has 6 nitrogen and oxygen atoms in total. The van der Waals surface area contributed by atoms with Crippen molar-refractivity contribution in [1.82, 2.24) is 15.5 Å². The Labute approximate surface area is 183 Å². The number of nitrogens with one attached hydrogen (secondary N) is 1. The lowest BCUT2D eigenvalue weighted by Gasteiger charge is -2.31. The molecule has 0 radical (unpaired) electrons. The second-order valence-corrected chi connectivity index (χ2v) is 7.97. The van der Waals surface area contributed by atoms with E-state index >= 15 is 0 Å². The van der Waals surface area contributed by atoms with Crippen LogP contribution in [0.25, 0.3) is 11.3 Å². The topological polar surface area (TPSA) is 67.3 Å². The zero-order valence-corrected chi connectivity index (χ0v) is 18.0. The third-order valence-electron chi connectivity index (χ3n) is 5.81. The number of hydrogen-bond donors (Lipinski definition) is 1. The molecule has 1 N–H and O–H groups in total. The van der Waals surface area contributed by atoms with Gasteiger partial charge in [-0.25, -0.2) is 0 Å². The van der Waals surface area contributed by atoms with Crippen LogP contribution in [0.4, 0.5) is 5.82 Å². The maximum absolute atomic E-state index is 12.6. The van der Waals surface area contributed by atoms with E-state index in [-0.39, 0.29) is 11.8 Å². The summed E-state index contributed by atoms with van der Waals surface area (Å²) < 4.78 is 5.17. The van der Waals surface area contributed by atoms with Crippen LogP contribution < -0.4 is 15.0 Å². The second-order valence-electron chi connectivity index (χ2n) is 7.97. The Balaban J connectivity index is 1.27. The number of hydrogen-bond acceptors (Lipinski definition) is 5. The summed E-state index contributed by atoms with van der Waals surface area (Å²) >= 11 is 0. The van der Waals surface area contributed by atoms with Gasteiger partial charge in [-0.15, -0.1) is 10.2 Å². The third-order valence-corrected chi connectivity index (χ3v) is 5.81. The fraction of sp³-hybridized carbons (Fsp3) is 0.320. The zero-order valence-electron chi connectivity index (χ0n) is 18.0. The predicted molar refractivity (Wildman–Crippen MR) is 122 cm³/mol. The van der Waals surface area contributed by atoms with Gasteiger partial charge in [0.25, 0.3) is 0 Å². The summed E-state index contributed by atoms with van der Waals surface area (Å²) in [5.41, 5.74) is 4.23. The average molecular weight is 417 g/mol. The largest absolute Gasteiger partial charge is 0.497 e. The molecule has 0 spiro atoms. The standard InChI is InChI=1S/C25H28N4O2/c1-18-3-7-20(8-4-18)23-11-12-24(28-27-23)29-15-13-21(14-16-29)25(30)26-17-19-5-9-22(31-2)10-6-19/h3-12,21H,13-17H2,1-2H3,(H,26,30). The lowest BCUT2D eigenvalue weighted by atomic mass is 9.96. The summed E-state index contributed by atoms with van der Waals surface area (Å²) in [4.78, 5) is 14.8. The van der Waals surface area contributed by atoms with Gasteiger partial charge < -0.3 is 15.0 Å². The summed E-state index contributed by atoms with van der Waals surface area (Å²) in [6, 6.07) is 20.1. The number of methoxy groups -OCH3 is 1. The number of aromatic nitrogens is 2. The number of aryl methyl sites for hydroxylation is 1. The van der Waals surface area contributed by atoms with E-state index in [1.165, 1.54) is 5.56 Å². The van der Waals surface area contributed by atoms with Crippen molar-refractivity contribution in [3.8, 4) is 17.0 Å². The van der Waals surface area contributed by atoms with Gasteiger partial charge in [0.2, 0.25) is 5.91 Å². The molecule has 2 heterocycles. The molecule has 1 fully saturated rings. The number of carbonyl (C=O) groups is 1. The molecule has 0 aliphatic carbocycles. The minimum Gasteiger partial charge on any atom is -0.497 e. The number of carbonyl (C=O) groups excluding carboxylic acids is 1. The summed E-state index contributed by atoms with van der Waals surface area (Å²) in [6.07, 6.45) is 1.63. The number of rotatable bonds is 6. The first kappa shape index (κ1) is 20.8. The summed E-state index contributed by atoms with van der Waals surface area (Å²) in [6.45, 7) is 4.22. The summed E-state index contributed by atoms with van der Waals surface area (Å²) in [5.74, 6) is 1.84. The SMILES string of the molecule is COc1ccc(CNC(=O)C2CCN(c3ccc(-c4ccc(C)cc4)nn3)CC2)cc1. The van der Waals surface area contributed by atoms with Gasteiger partial charge in [-0.1, -0.05) is 42.0 Å². The fourth-order valence-corrected chi connectivity index (χ4v) is 3.82. The van der Waals surface area contributed by atoms with Crippen LogP contribution >= 0.6 is 0 Å². The van der Waals surface area contributed by atoms with Crippen LogP contribution in [-0.4, -0.2) is 36.3 Å². The fourth-order valence-electron chi connectivity index (χ4n) is 3.82. The lowest BCUT2D eigenvalue weighted by Crippen LogP contribution is -2.40. The van der Waals surface area contributed by atoms with Crippen LogP contribution in [0.15, 0.2) is 60.7 Å².